The third-order valence-corrected chi connectivity index (χ3v) is 4.34. The molecule has 0 unspecified atom stereocenters. The van der Waals surface area contributed by atoms with Gasteiger partial charge in [-0.05, 0) is 30.5 Å². The zero-order valence-electron chi connectivity index (χ0n) is 13.2. The molecule has 1 saturated carbocycles. The van der Waals surface area contributed by atoms with Gasteiger partial charge in [0.1, 0.15) is 12.4 Å². The zero-order valence-corrected chi connectivity index (χ0v) is 13.2. The molecule has 0 bridgehead atoms. The molecule has 126 valence electrons. The van der Waals surface area contributed by atoms with Crippen LogP contribution in [0.2, 0.25) is 0 Å². The van der Waals surface area contributed by atoms with E-state index in [1.807, 2.05) is 18.2 Å². The Bertz CT molecular complexity index is 737. The monoisotopic (exact) mass is 329 g/mol. The predicted octanol–water partition coefficient (Wildman–Crippen LogP) is 2.70. The number of amides is 1. The number of rotatable bonds is 5. The number of anilines is 1. The molecular weight excluding hydrogens is 310 g/mol. The molecule has 2 N–H and O–H groups in total. The first-order chi connectivity index (χ1) is 11.8. The van der Waals surface area contributed by atoms with E-state index >= 15 is 0 Å². The molecule has 2 aromatic rings. The molecule has 0 radical (unpaired) electrons. The van der Waals surface area contributed by atoms with Crippen LogP contribution >= 0.6 is 0 Å². The molecule has 2 aliphatic rings. The SMILES string of the molecule is O=C(COC1CCCC1)Nc1[nH]ncc1-c1ccc2c(c1)OCO2. The topological polar surface area (TPSA) is 85.5 Å². The molecule has 0 spiro atoms. The van der Waals surface area contributed by atoms with Gasteiger partial charge in [0.25, 0.3) is 5.91 Å². The highest BCUT2D eigenvalue weighted by molar-refractivity contribution is 5.94. The van der Waals surface area contributed by atoms with Crippen LogP contribution in [0.5, 0.6) is 11.5 Å². The van der Waals surface area contributed by atoms with Gasteiger partial charge < -0.3 is 19.5 Å². The summed E-state index contributed by atoms with van der Waals surface area (Å²) < 4.78 is 16.3. The van der Waals surface area contributed by atoms with E-state index in [4.69, 9.17) is 14.2 Å². The average molecular weight is 329 g/mol. The van der Waals surface area contributed by atoms with Crippen molar-refractivity contribution in [2.75, 3.05) is 18.7 Å². The molecule has 1 aromatic heterocycles. The second-order valence-electron chi connectivity index (χ2n) is 5.99. The van der Waals surface area contributed by atoms with Gasteiger partial charge in [0.2, 0.25) is 6.79 Å². The number of nitrogens with one attached hydrogen (secondary N) is 2. The number of hydrogen-bond acceptors (Lipinski definition) is 5. The number of nitrogens with zero attached hydrogens (tertiary/aromatic N) is 1. The van der Waals surface area contributed by atoms with E-state index in [9.17, 15) is 4.79 Å². The van der Waals surface area contributed by atoms with Crippen molar-refractivity contribution >= 4 is 11.7 Å². The summed E-state index contributed by atoms with van der Waals surface area (Å²) in [4.78, 5) is 12.1. The molecule has 24 heavy (non-hydrogen) atoms. The van der Waals surface area contributed by atoms with Crippen molar-refractivity contribution in [3.8, 4) is 22.6 Å². The number of ether oxygens (including phenoxy) is 3. The molecule has 0 atom stereocenters. The minimum absolute atomic E-state index is 0.0598. The van der Waals surface area contributed by atoms with Crippen molar-refractivity contribution < 1.29 is 19.0 Å². The highest BCUT2D eigenvalue weighted by Gasteiger charge is 2.19. The maximum absolute atomic E-state index is 12.1. The summed E-state index contributed by atoms with van der Waals surface area (Å²) in [6.07, 6.45) is 6.33. The molecule has 1 fully saturated rings. The van der Waals surface area contributed by atoms with E-state index in [0.29, 0.717) is 11.6 Å². The number of H-pyrrole nitrogens is 1. The lowest BCUT2D eigenvalue weighted by atomic mass is 10.1. The third kappa shape index (κ3) is 3.07. The number of benzene rings is 1. The highest BCUT2D eigenvalue weighted by atomic mass is 16.7. The van der Waals surface area contributed by atoms with E-state index in [1.54, 1.807) is 6.20 Å². The molecule has 7 nitrogen and oxygen atoms in total. The Hall–Kier alpha value is -2.54. The molecule has 2 heterocycles. The Morgan fingerprint density at radius 1 is 1.29 bits per heavy atom. The molecule has 1 amide bonds. The van der Waals surface area contributed by atoms with Crippen molar-refractivity contribution in [3.05, 3.63) is 24.4 Å². The van der Waals surface area contributed by atoms with Gasteiger partial charge in [-0.15, -0.1) is 0 Å². The van der Waals surface area contributed by atoms with Crippen LogP contribution in [-0.2, 0) is 9.53 Å². The smallest absolute Gasteiger partial charge is 0.251 e. The van der Waals surface area contributed by atoms with Gasteiger partial charge >= 0.3 is 0 Å². The molecule has 4 rings (SSSR count). The summed E-state index contributed by atoms with van der Waals surface area (Å²) in [5, 5.41) is 9.68. The van der Waals surface area contributed by atoms with Gasteiger partial charge in [-0.1, -0.05) is 18.9 Å². The van der Waals surface area contributed by atoms with Crippen molar-refractivity contribution in [3.63, 3.8) is 0 Å². The molecular formula is C17H19N3O4. The maximum Gasteiger partial charge on any atom is 0.251 e. The van der Waals surface area contributed by atoms with Crippen molar-refractivity contribution in [2.45, 2.75) is 31.8 Å². The molecule has 1 aliphatic heterocycles. The van der Waals surface area contributed by atoms with Crippen LogP contribution in [0.15, 0.2) is 24.4 Å². The molecule has 1 aromatic carbocycles. The number of carbonyl (C=O) groups excluding carboxylic acids is 1. The van der Waals surface area contributed by atoms with E-state index in [1.165, 1.54) is 12.8 Å². The first kappa shape index (κ1) is 15.0. The molecule has 7 heteroatoms. The van der Waals surface area contributed by atoms with Crippen LogP contribution in [-0.4, -0.2) is 35.6 Å². The standard InChI is InChI=1S/C17H19N3O4/c21-16(9-22-12-3-1-2-4-12)19-17-13(8-18-20-17)11-5-6-14-15(7-11)24-10-23-14/h5-8,12H,1-4,9-10H2,(H2,18,19,20,21). The Morgan fingerprint density at radius 2 is 2.12 bits per heavy atom. The number of hydrogen-bond donors (Lipinski definition) is 2. The summed E-state index contributed by atoms with van der Waals surface area (Å²) in [7, 11) is 0. The lowest BCUT2D eigenvalue weighted by molar-refractivity contribution is -0.122. The van der Waals surface area contributed by atoms with Gasteiger partial charge in [0, 0.05) is 5.56 Å². The second kappa shape index (κ2) is 6.52. The Labute approximate surface area is 139 Å². The number of fused-ring (bicyclic) bond motifs is 1. The predicted molar refractivity (Wildman–Crippen MR) is 87.0 cm³/mol. The lowest BCUT2D eigenvalue weighted by Crippen LogP contribution is -2.22. The minimum Gasteiger partial charge on any atom is -0.454 e. The number of aromatic nitrogens is 2. The summed E-state index contributed by atoms with van der Waals surface area (Å²) in [5.41, 5.74) is 1.68. The third-order valence-electron chi connectivity index (χ3n) is 4.34. The fraction of sp³-hybridized carbons (Fsp3) is 0.412. The quantitative estimate of drug-likeness (QED) is 0.881. The van der Waals surface area contributed by atoms with E-state index in [2.05, 4.69) is 15.5 Å². The molecule has 0 saturated heterocycles. The first-order valence-corrected chi connectivity index (χ1v) is 8.14. The Balaban J connectivity index is 1.43. The Kier molecular flexibility index (Phi) is 4.08. The first-order valence-electron chi connectivity index (χ1n) is 8.14. The Morgan fingerprint density at radius 3 is 3.00 bits per heavy atom. The van der Waals surface area contributed by atoms with Gasteiger partial charge in [-0.25, -0.2) is 0 Å². The van der Waals surface area contributed by atoms with Gasteiger partial charge in [0.15, 0.2) is 11.5 Å². The summed E-state index contributed by atoms with van der Waals surface area (Å²) in [6, 6.07) is 5.63. The van der Waals surface area contributed by atoms with Gasteiger partial charge in [0.05, 0.1) is 12.3 Å². The van der Waals surface area contributed by atoms with E-state index in [-0.39, 0.29) is 25.4 Å². The second-order valence-corrected chi connectivity index (χ2v) is 5.99. The van der Waals surface area contributed by atoms with Gasteiger partial charge in [-0.2, -0.15) is 5.10 Å². The van der Waals surface area contributed by atoms with Crippen LogP contribution in [0.4, 0.5) is 5.82 Å². The van der Waals surface area contributed by atoms with Crippen LogP contribution in [0.3, 0.4) is 0 Å². The zero-order chi connectivity index (χ0) is 16.4. The average Bonchev–Trinajstić information content (AvgIpc) is 3.33. The summed E-state index contributed by atoms with van der Waals surface area (Å²) in [6.45, 7) is 0.288. The maximum atomic E-state index is 12.1. The lowest BCUT2D eigenvalue weighted by Gasteiger charge is -2.11. The number of carbonyl (C=O) groups is 1. The fourth-order valence-electron chi connectivity index (χ4n) is 3.09. The van der Waals surface area contributed by atoms with Gasteiger partial charge in [-0.3, -0.25) is 9.89 Å². The normalized spacial score (nSPS) is 16.5. The van der Waals surface area contributed by atoms with Crippen LogP contribution in [0.1, 0.15) is 25.7 Å². The minimum atomic E-state index is -0.187. The highest BCUT2D eigenvalue weighted by Crippen LogP contribution is 2.37. The van der Waals surface area contributed by atoms with Crippen LogP contribution < -0.4 is 14.8 Å². The van der Waals surface area contributed by atoms with Crippen LogP contribution in [0, 0.1) is 0 Å². The van der Waals surface area contributed by atoms with Crippen molar-refractivity contribution in [1.82, 2.24) is 10.2 Å². The van der Waals surface area contributed by atoms with E-state index < -0.39 is 0 Å². The van der Waals surface area contributed by atoms with Crippen molar-refractivity contribution in [1.29, 1.82) is 0 Å². The number of aromatic amines is 1. The fourth-order valence-corrected chi connectivity index (χ4v) is 3.09. The van der Waals surface area contributed by atoms with E-state index in [0.717, 1.165) is 29.7 Å². The van der Waals surface area contributed by atoms with Crippen LogP contribution in [0.25, 0.3) is 11.1 Å². The largest absolute Gasteiger partial charge is 0.454 e. The van der Waals surface area contributed by atoms with Crippen molar-refractivity contribution in [2.24, 2.45) is 0 Å². The molecule has 1 aliphatic carbocycles. The summed E-state index contributed by atoms with van der Waals surface area (Å²) in [5.74, 6) is 1.77. The summed E-state index contributed by atoms with van der Waals surface area (Å²) >= 11 is 0.